The van der Waals surface area contributed by atoms with Crippen LogP contribution in [0.1, 0.15) is 30.5 Å². The first-order valence-corrected chi connectivity index (χ1v) is 8.02. The van der Waals surface area contributed by atoms with Crippen LogP contribution in [0.15, 0.2) is 23.2 Å². The number of benzene rings is 1. The lowest BCUT2D eigenvalue weighted by atomic mass is 9.92. The summed E-state index contributed by atoms with van der Waals surface area (Å²) in [6, 6.07) is 6.59. The fraction of sp³-hybridized carbons (Fsp3) is 0.556. The molecule has 24 heavy (non-hydrogen) atoms. The van der Waals surface area contributed by atoms with Gasteiger partial charge in [0.05, 0.1) is 5.41 Å². The fourth-order valence-corrected chi connectivity index (χ4v) is 2.48. The first-order valence-electron chi connectivity index (χ1n) is 8.02. The second-order valence-electron chi connectivity index (χ2n) is 6.56. The lowest BCUT2D eigenvalue weighted by Crippen LogP contribution is -2.47. The lowest BCUT2D eigenvalue weighted by molar-refractivity contribution is -0.128. The summed E-state index contributed by atoms with van der Waals surface area (Å²) in [6.45, 7) is 9.36. The number of aliphatic imine (C=N–C) groups is 1. The number of halogens is 1. The molecule has 1 aromatic rings. The minimum atomic E-state index is -0.486. The van der Waals surface area contributed by atoms with Gasteiger partial charge in [0.1, 0.15) is 0 Å². The molecule has 0 atom stereocenters. The van der Waals surface area contributed by atoms with E-state index in [1.807, 2.05) is 13.8 Å². The molecule has 0 aromatic heterocycles. The summed E-state index contributed by atoms with van der Waals surface area (Å²) in [5.41, 5.74) is 3.40. The molecule has 0 saturated heterocycles. The highest BCUT2D eigenvalue weighted by molar-refractivity contribution is 14.0. The average Bonchev–Trinajstić information content (AvgIpc) is 2.48. The van der Waals surface area contributed by atoms with Crippen LogP contribution < -0.4 is 16.0 Å². The molecule has 3 N–H and O–H groups in total. The van der Waals surface area contributed by atoms with E-state index in [0.29, 0.717) is 12.5 Å². The highest BCUT2D eigenvalue weighted by Crippen LogP contribution is 2.13. The predicted octanol–water partition coefficient (Wildman–Crippen LogP) is 2.40. The summed E-state index contributed by atoms with van der Waals surface area (Å²) < 4.78 is 0. The van der Waals surface area contributed by atoms with Gasteiger partial charge in [0, 0.05) is 27.2 Å². The van der Waals surface area contributed by atoms with Crippen LogP contribution in [0.3, 0.4) is 0 Å². The van der Waals surface area contributed by atoms with Crippen molar-refractivity contribution in [3.8, 4) is 0 Å². The Morgan fingerprint density at radius 3 is 2.21 bits per heavy atom. The Labute approximate surface area is 163 Å². The zero-order chi connectivity index (χ0) is 17.5. The molecular weight excluding hydrogens is 415 g/mol. The maximum atomic E-state index is 11.8. The van der Waals surface area contributed by atoms with Crippen molar-refractivity contribution in [2.75, 3.05) is 27.2 Å². The molecular formula is C18H31IN4O. The number of hydrogen-bond acceptors (Lipinski definition) is 2. The summed E-state index contributed by atoms with van der Waals surface area (Å²) in [5, 5.41) is 9.19. The van der Waals surface area contributed by atoms with Gasteiger partial charge in [0.15, 0.2) is 5.96 Å². The van der Waals surface area contributed by atoms with Crippen LogP contribution in [0, 0.1) is 19.3 Å². The average molecular weight is 446 g/mol. The van der Waals surface area contributed by atoms with Crippen molar-refractivity contribution in [3.63, 3.8) is 0 Å². The van der Waals surface area contributed by atoms with E-state index < -0.39 is 5.41 Å². The Morgan fingerprint density at radius 2 is 1.71 bits per heavy atom. The molecule has 0 heterocycles. The minimum absolute atomic E-state index is 0. The number of rotatable bonds is 6. The highest BCUT2D eigenvalue weighted by Gasteiger charge is 2.26. The Hall–Kier alpha value is -1.31. The number of guanidine groups is 1. The standard InChI is InChI=1S/C18H30N4O.HI/c1-13-9-14(2)11-15(10-13)7-8-21-17(20-6)22-12-18(3,4)16(23)19-5;/h9-11H,7-8,12H2,1-6H3,(H,19,23)(H2,20,21,22);1H. The third-order valence-electron chi connectivity index (χ3n) is 3.75. The van der Waals surface area contributed by atoms with Crippen LogP contribution >= 0.6 is 24.0 Å². The zero-order valence-electron chi connectivity index (χ0n) is 15.6. The molecule has 0 saturated carbocycles. The summed E-state index contributed by atoms with van der Waals surface area (Å²) >= 11 is 0. The monoisotopic (exact) mass is 446 g/mol. The SMILES string of the molecule is CN=C(NCCc1cc(C)cc(C)c1)NCC(C)(C)C(=O)NC.I. The van der Waals surface area contributed by atoms with Crippen molar-refractivity contribution in [1.29, 1.82) is 0 Å². The van der Waals surface area contributed by atoms with Gasteiger partial charge in [-0.15, -0.1) is 24.0 Å². The Kier molecular flexibility index (Phi) is 9.96. The maximum absolute atomic E-state index is 11.8. The van der Waals surface area contributed by atoms with Crippen molar-refractivity contribution in [2.45, 2.75) is 34.1 Å². The Balaban J connectivity index is 0.00000529. The van der Waals surface area contributed by atoms with Crippen LogP contribution in [-0.2, 0) is 11.2 Å². The largest absolute Gasteiger partial charge is 0.359 e. The number of hydrogen-bond donors (Lipinski definition) is 3. The van der Waals surface area contributed by atoms with Crippen LogP contribution in [0.2, 0.25) is 0 Å². The van der Waals surface area contributed by atoms with E-state index in [4.69, 9.17) is 0 Å². The second-order valence-corrected chi connectivity index (χ2v) is 6.56. The van der Waals surface area contributed by atoms with Gasteiger partial charge in [0.2, 0.25) is 5.91 Å². The summed E-state index contributed by atoms with van der Waals surface area (Å²) in [6.07, 6.45) is 0.933. The number of nitrogens with one attached hydrogen (secondary N) is 3. The first kappa shape index (κ1) is 22.7. The molecule has 0 aliphatic carbocycles. The molecule has 136 valence electrons. The molecule has 1 amide bonds. The number of nitrogens with zero attached hydrogens (tertiary/aromatic N) is 1. The van der Waals surface area contributed by atoms with Crippen molar-refractivity contribution in [3.05, 3.63) is 34.9 Å². The first-order chi connectivity index (χ1) is 10.8. The molecule has 6 heteroatoms. The summed E-state index contributed by atoms with van der Waals surface area (Å²) in [5.74, 6) is 0.724. The van der Waals surface area contributed by atoms with Crippen LogP contribution in [-0.4, -0.2) is 39.1 Å². The molecule has 0 spiro atoms. The molecule has 1 aromatic carbocycles. The number of carbonyl (C=O) groups is 1. The van der Waals surface area contributed by atoms with Crippen LogP contribution in [0.5, 0.6) is 0 Å². The highest BCUT2D eigenvalue weighted by atomic mass is 127. The van der Waals surface area contributed by atoms with E-state index >= 15 is 0 Å². The van der Waals surface area contributed by atoms with Crippen molar-refractivity contribution in [2.24, 2.45) is 10.4 Å². The van der Waals surface area contributed by atoms with Gasteiger partial charge < -0.3 is 16.0 Å². The second kappa shape index (κ2) is 10.5. The van der Waals surface area contributed by atoms with Gasteiger partial charge in [-0.25, -0.2) is 0 Å². The molecule has 5 nitrogen and oxygen atoms in total. The molecule has 0 aliphatic heterocycles. The van der Waals surface area contributed by atoms with E-state index in [1.54, 1.807) is 14.1 Å². The van der Waals surface area contributed by atoms with Gasteiger partial charge in [-0.3, -0.25) is 9.79 Å². The quantitative estimate of drug-likeness (QED) is 0.357. The molecule has 0 unspecified atom stereocenters. The Bertz CT molecular complexity index is 550. The van der Waals surface area contributed by atoms with Crippen molar-refractivity contribution < 1.29 is 4.79 Å². The van der Waals surface area contributed by atoms with E-state index in [9.17, 15) is 4.79 Å². The Morgan fingerprint density at radius 1 is 1.12 bits per heavy atom. The van der Waals surface area contributed by atoms with Gasteiger partial charge in [-0.05, 0) is 39.7 Å². The number of carbonyl (C=O) groups excluding carboxylic acids is 1. The smallest absolute Gasteiger partial charge is 0.227 e. The van der Waals surface area contributed by atoms with E-state index in [2.05, 4.69) is 53.0 Å². The summed E-state index contributed by atoms with van der Waals surface area (Å²) in [4.78, 5) is 16.0. The topological polar surface area (TPSA) is 65.5 Å². The predicted molar refractivity (Wildman–Crippen MR) is 112 cm³/mol. The maximum Gasteiger partial charge on any atom is 0.227 e. The molecule has 0 fully saturated rings. The third kappa shape index (κ3) is 7.51. The lowest BCUT2D eigenvalue weighted by Gasteiger charge is -2.24. The van der Waals surface area contributed by atoms with Crippen LogP contribution in [0.4, 0.5) is 0 Å². The van der Waals surface area contributed by atoms with Crippen molar-refractivity contribution in [1.82, 2.24) is 16.0 Å². The third-order valence-corrected chi connectivity index (χ3v) is 3.75. The fourth-order valence-electron chi connectivity index (χ4n) is 2.48. The van der Waals surface area contributed by atoms with Gasteiger partial charge in [-0.1, -0.05) is 29.3 Å². The molecule has 0 radical (unpaired) electrons. The van der Waals surface area contributed by atoms with Gasteiger partial charge in [0.25, 0.3) is 0 Å². The van der Waals surface area contributed by atoms with E-state index in [0.717, 1.165) is 13.0 Å². The van der Waals surface area contributed by atoms with E-state index in [-0.39, 0.29) is 29.9 Å². The van der Waals surface area contributed by atoms with Gasteiger partial charge in [-0.2, -0.15) is 0 Å². The van der Waals surface area contributed by atoms with E-state index in [1.165, 1.54) is 16.7 Å². The normalized spacial score (nSPS) is 11.5. The van der Waals surface area contributed by atoms with Gasteiger partial charge >= 0.3 is 0 Å². The minimum Gasteiger partial charge on any atom is -0.359 e. The van der Waals surface area contributed by atoms with Crippen molar-refractivity contribution >= 4 is 35.8 Å². The number of amides is 1. The molecule has 1 rings (SSSR count). The summed E-state index contributed by atoms with van der Waals surface area (Å²) in [7, 11) is 3.39. The molecule has 0 aliphatic rings. The number of aryl methyl sites for hydroxylation is 2. The zero-order valence-corrected chi connectivity index (χ0v) is 17.9. The van der Waals surface area contributed by atoms with Crippen LogP contribution in [0.25, 0.3) is 0 Å². The molecule has 0 bridgehead atoms.